The van der Waals surface area contributed by atoms with Gasteiger partial charge in [0.25, 0.3) is 8.32 Å². The second-order valence-electron chi connectivity index (χ2n) is 14.1. The molecule has 0 aliphatic carbocycles. The van der Waals surface area contributed by atoms with Gasteiger partial charge in [0.2, 0.25) is 0 Å². The molecule has 2 aromatic carbocycles. The van der Waals surface area contributed by atoms with Gasteiger partial charge >= 0.3 is 6.09 Å². The first-order valence-corrected chi connectivity index (χ1v) is 20.4. The van der Waals surface area contributed by atoms with Crippen LogP contribution in [0.3, 0.4) is 0 Å². The first kappa shape index (κ1) is 33.3. The van der Waals surface area contributed by atoms with Gasteiger partial charge in [0, 0.05) is 27.4 Å². The van der Waals surface area contributed by atoms with E-state index >= 15 is 0 Å². The van der Waals surface area contributed by atoms with Gasteiger partial charge in [-0.1, -0.05) is 101 Å². The molecular formula is C33H51NO5Si2. The average Bonchev–Trinajstić information content (AvgIpc) is 2.88. The Labute approximate surface area is 250 Å². The molecule has 1 heterocycles. The van der Waals surface area contributed by atoms with Crippen LogP contribution in [0.2, 0.25) is 30.7 Å². The number of benzene rings is 2. The van der Waals surface area contributed by atoms with E-state index in [1.54, 1.807) is 4.90 Å². The molecule has 0 fully saturated rings. The van der Waals surface area contributed by atoms with Gasteiger partial charge in [0.15, 0.2) is 0 Å². The summed E-state index contributed by atoms with van der Waals surface area (Å²) in [5.74, 6) is 0. The number of rotatable bonds is 11. The van der Waals surface area contributed by atoms with Crippen LogP contribution in [-0.2, 0) is 18.6 Å². The minimum absolute atomic E-state index is 0.161. The Morgan fingerprint density at radius 1 is 0.902 bits per heavy atom. The largest absolute Gasteiger partial charge is 0.443 e. The SMILES string of the molecule is CC(C)(C)OC(=O)N1C=C(CO[Si](c2ccccc2)(c2ccccc2)C(C)(C)C)C(OCOCC[Si](C)(C)C)CC1. The molecule has 41 heavy (non-hydrogen) atoms. The molecule has 226 valence electrons. The number of nitrogens with zero attached hydrogens (tertiary/aromatic N) is 1. The van der Waals surface area contributed by atoms with Crippen LogP contribution >= 0.6 is 0 Å². The number of carbonyl (C=O) groups is 1. The van der Waals surface area contributed by atoms with Crippen molar-refractivity contribution in [2.75, 3.05) is 26.6 Å². The normalized spacial score (nSPS) is 16.9. The van der Waals surface area contributed by atoms with E-state index in [2.05, 4.69) is 88.9 Å². The van der Waals surface area contributed by atoms with Crippen molar-refractivity contribution in [3.63, 3.8) is 0 Å². The standard InChI is InChI=1S/C33H51NO5Si2/c1-32(2,3)39-31(35)34-21-20-30(37-26-36-22-23-40(7,8)9)27(24-34)25-38-41(33(4,5)6,28-16-12-10-13-17-28)29-18-14-11-15-19-29/h10-19,24,30H,20-23,25-26H2,1-9H3. The summed E-state index contributed by atoms with van der Waals surface area (Å²) in [5.41, 5.74) is 0.345. The van der Waals surface area contributed by atoms with E-state index in [0.717, 1.165) is 11.6 Å². The van der Waals surface area contributed by atoms with Gasteiger partial charge in [0.1, 0.15) is 12.4 Å². The lowest BCUT2D eigenvalue weighted by molar-refractivity contribution is -0.0825. The Hall–Kier alpha value is -2.24. The van der Waals surface area contributed by atoms with Gasteiger partial charge in [-0.05, 0) is 54.2 Å². The summed E-state index contributed by atoms with van der Waals surface area (Å²) < 4.78 is 25.1. The molecule has 0 saturated carbocycles. The van der Waals surface area contributed by atoms with Crippen LogP contribution in [0.1, 0.15) is 48.0 Å². The summed E-state index contributed by atoms with van der Waals surface area (Å²) >= 11 is 0. The molecule has 0 N–H and O–H groups in total. The quantitative estimate of drug-likeness (QED) is 0.162. The molecule has 1 amide bonds. The molecule has 0 aromatic heterocycles. The van der Waals surface area contributed by atoms with Gasteiger partial charge in [0.05, 0.1) is 12.7 Å². The molecule has 6 nitrogen and oxygen atoms in total. The monoisotopic (exact) mass is 597 g/mol. The molecule has 1 unspecified atom stereocenters. The summed E-state index contributed by atoms with van der Waals surface area (Å²) in [6.07, 6.45) is 1.96. The Balaban J connectivity index is 1.92. The van der Waals surface area contributed by atoms with Crippen molar-refractivity contribution in [3.05, 3.63) is 72.4 Å². The predicted molar refractivity (Wildman–Crippen MR) is 173 cm³/mol. The highest BCUT2D eigenvalue weighted by Gasteiger charge is 2.50. The van der Waals surface area contributed by atoms with Crippen molar-refractivity contribution in [2.24, 2.45) is 0 Å². The van der Waals surface area contributed by atoms with Crippen molar-refractivity contribution < 1.29 is 23.4 Å². The minimum Gasteiger partial charge on any atom is -0.443 e. The topological polar surface area (TPSA) is 57.2 Å². The molecule has 3 rings (SSSR count). The number of ether oxygens (including phenoxy) is 3. The highest BCUT2D eigenvalue weighted by molar-refractivity contribution is 6.99. The molecule has 1 atom stereocenters. The first-order chi connectivity index (χ1) is 19.1. The third kappa shape index (κ3) is 9.38. The van der Waals surface area contributed by atoms with Gasteiger partial charge in [-0.15, -0.1) is 0 Å². The zero-order valence-electron chi connectivity index (χ0n) is 26.7. The maximum absolute atomic E-state index is 13.0. The van der Waals surface area contributed by atoms with Crippen LogP contribution in [0.25, 0.3) is 0 Å². The van der Waals surface area contributed by atoms with E-state index in [0.29, 0.717) is 26.2 Å². The second-order valence-corrected chi connectivity index (χ2v) is 24.0. The zero-order chi connectivity index (χ0) is 30.3. The summed E-state index contributed by atoms with van der Waals surface area (Å²) in [6, 6.07) is 22.3. The van der Waals surface area contributed by atoms with Gasteiger partial charge in [-0.3, -0.25) is 4.90 Å². The first-order valence-electron chi connectivity index (χ1n) is 14.8. The Bertz CT molecular complexity index is 1090. The lowest BCUT2D eigenvalue weighted by Gasteiger charge is -2.44. The molecule has 2 aromatic rings. The molecule has 0 radical (unpaired) electrons. The fourth-order valence-electron chi connectivity index (χ4n) is 5.10. The van der Waals surface area contributed by atoms with Gasteiger partial charge < -0.3 is 18.6 Å². The molecule has 0 bridgehead atoms. The number of amides is 1. The van der Waals surface area contributed by atoms with Crippen molar-refractivity contribution in [3.8, 4) is 0 Å². The van der Waals surface area contributed by atoms with E-state index in [4.69, 9.17) is 18.6 Å². The lowest BCUT2D eigenvalue weighted by atomic mass is 10.0. The van der Waals surface area contributed by atoms with Crippen molar-refractivity contribution in [1.82, 2.24) is 4.90 Å². The molecule has 1 aliphatic rings. The fourth-order valence-corrected chi connectivity index (χ4v) is 10.4. The smallest absolute Gasteiger partial charge is 0.414 e. The Morgan fingerprint density at radius 3 is 1.95 bits per heavy atom. The van der Waals surface area contributed by atoms with E-state index < -0.39 is 22.0 Å². The van der Waals surface area contributed by atoms with E-state index in [1.165, 1.54) is 10.4 Å². The summed E-state index contributed by atoms with van der Waals surface area (Å²) in [7, 11) is -3.96. The highest BCUT2D eigenvalue weighted by atomic mass is 28.4. The molecule has 0 saturated heterocycles. The lowest BCUT2D eigenvalue weighted by Crippen LogP contribution is -2.66. The summed E-state index contributed by atoms with van der Waals surface area (Å²) in [4.78, 5) is 14.7. The van der Waals surface area contributed by atoms with Crippen LogP contribution < -0.4 is 10.4 Å². The minimum atomic E-state index is -2.77. The third-order valence-corrected chi connectivity index (χ3v) is 13.9. The maximum Gasteiger partial charge on any atom is 0.414 e. The molecule has 1 aliphatic heterocycles. The Kier molecular flexibility index (Phi) is 11.2. The van der Waals surface area contributed by atoms with Crippen molar-refractivity contribution in [1.29, 1.82) is 0 Å². The zero-order valence-corrected chi connectivity index (χ0v) is 28.7. The predicted octanol–water partition coefficient (Wildman–Crippen LogP) is 6.79. The van der Waals surface area contributed by atoms with Gasteiger partial charge in [-0.2, -0.15) is 0 Å². The summed E-state index contributed by atoms with van der Waals surface area (Å²) in [5, 5.41) is 2.27. The molecule has 0 spiro atoms. The van der Waals surface area contributed by atoms with Crippen molar-refractivity contribution >= 4 is 32.9 Å². The fraction of sp³-hybridized carbons (Fsp3) is 0.545. The van der Waals surface area contributed by atoms with E-state index in [1.807, 2.05) is 39.1 Å². The number of carbonyl (C=O) groups excluding carboxylic acids is 1. The second kappa shape index (κ2) is 13.8. The molecular weight excluding hydrogens is 547 g/mol. The third-order valence-electron chi connectivity index (χ3n) is 7.22. The van der Waals surface area contributed by atoms with Crippen LogP contribution in [-0.4, -0.2) is 65.6 Å². The number of hydrogen-bond donors (Lipinski definition) is 0. The summed E-state index contributed by atoms with van der Waals surface area (Å²) in [6.45, 7) is 21.2. The maximum atomic E-state index is 13.0. The van der Waals surface area contributed by atoms with Crippen LogP contribution in [0.5, 0.6) is 0 Å². The van der Waals surface area contributed by atoms with Crippen LogP contribution in [0.4, 0.5) is 4.79 Å². The molecule has 8 heteroatoms. The van der Waals surface area contributed by atoms with Crippen LogP contribution in [0.15, 0.2) is 72.4 Å². The Morgan fingerprint density at radius 2 is 1.46 bits per heavy atom. The van der Waals surface area contributed by atoms with E-state index in [-0.39, 0.29) is 24.0 Å². The van der Waals surface area contributed by atoms with Crippen LogP contribution in [0, 0.1) is 0 Å². The highest BCUT2D eigenvalue weighted by Crippen LogP contribution is 2.37. The van der Waals surface area contributed by atoms with Gasteiger partial charge in [-0.25, -0.2) is 4.79 Å². The van der Waals surface area contributed by atoms with E-state index in [9.17, 15) is 4.79 Å². The number of hydrogen-bond acceptors (Lipinski definition) is 5. The average molecular weight is 598 g/mol. The van der Waals surface area contributed by atoms with Crippen molar-refractivity contribution in [2.45, 2.75) is 90.4 Å².